The second kappa shape index (κ2) is 6.54. The molecule has 0 radical (unpaired) electrons. The molecule has 2 N–H and O–H groups in total. The first-order chi connectivity index (χ1) is 10.0. The zero-order valence-corrected chi connectivity index (χ0v) is 12.0. The summed E-state index contributed by atoms with van der Waals surface area (Å²) in [4.78, 5) is 12.2. The molecule has 21 heavy (non-hydrogen) atoms. The molecular formula is C15H13ClF2N2O. The van der Waals surface area contributed by atoms with E-state index in [0.29, 0.717) is 17.3 Å². The SMILES string of the molecule is CCNc1ccc(Cl)cc1C(=O)Nc1c(F)cccc1F. The fourth-order valence-electron chi connectivity index (χ4n) is 1.85. The van der Waals surface area contributed by atoms with Crippen molar-refractivity contribution in [3.05, 3.63) is 58.6 Å². The van der Waals surface area contributed by atoms with E-state index in [4.69, 9.17) is 11.6 Å². The van der Waals surface area contributed by atoms with Gasteiger partial charge in [0.2, 0.25) is 0 Å². The molecule has 110 valence electrons. The van der Waals surface area contributed by atoms with Crippen LogP contribution in [0.5, 0.6) is 0 Å². The molecule has 0 fully saturated rings. The molecule has 0 bridgehead atoms. The second-order valence-corrected chi connectivity index (χ2v) is 4.71. The van der Waals surface area contributed by atoms with Gasteiger partial charge >= 0.3 is 0 Å². The first-order valence-electron chi connectivity index (χ1n) is 6.31. The maximum absolute atomic E-state index is 13.6. The summed E-state index contributed by atoms with van der Waals surface area (Å²) in [5.41, 5.74) is 0.271. The van der Waals surface area contributed by atoms with Crippen molar-refractivity contribution in [2.75, 3.05) is 17.2 Å². The Morgan fingerprint density at radius 1 is 1.19 bits per heavy atom. The van der Waals surface area contributed by atoms with Crippen LogP contribution in [0, 0.1) is 11.6 Å². The van der Waals surface area contributed by atoms with E-state index in [2.05, 4.69) is 10.6 Å². The van der Waals surface area contributed by atoms with Crippen LogP contribution in [-0.2, 0) is 0 Å². The highest BCUT2D eigenvalue weighted by molar-refractivity contribution is 6.31. The fraction of sp³-hybridized carbons (Fsp3) is 0.133. The lowest BCUT2D eigenvalue weighted by molar-refractivity contribution is 0.102. The van der Waals surface area contributed by atoms with Crippen molar-refractivity contribution in [2.24, 2.45) is 0 Å². The highest BCUT2D eigenvalue weighted by atomic mass is 35.5. The third-order valence-electron chi connectivity index (χ3n) is 2.79. The predicted octanol–water partition coefficient (Wildman–Crippen LogP) is 4.30. The molecule has 0 unspecified atom stereocenters. The third kappa shape index (κ3) is 3.49. The van der Waals surface area contributed by atoms with Gasteiger partial charge in [0.15, 0.2) is 0 Å². The van der Waals surface area contributed by atoms with Crippen LogP contribution in [0.15, 0.2) is 36.4 Å². The monoisotopic (exact) mass is 310 g/mol. The molecule has 6 heteroatoms. The maximum Gasteiger partial charge on any atom is 0.257 e. The molecule has 0 aliphatic carbocycles. The van der Waals surface area contributed by atoms with Crippen LogP contribution in [0.4, 0.5) is 20.2 Å². The van der Waals surface area contributed by atoms with Gasteiger partial charge < -0.3 is 10.6 Å². The number of nitrogens with one attached hydrogen (secondary N) is 2. The summed E-state index contributed by atoms with van der Waals surface area (Å²) < 4.78 is 27.1. The average Bonchev–Trinajstić information content (AvgIpc) is 2.45. The summed E-state index contributed by atoms with van der Waals surface area (Å²) in [6.45, 7) is 2.46. The quantitative estimate of drug-likeness (QED) is 0.884. The minimum absolute atomic E-state index is 0.215. The zero-order chi connectivity index (χ0) is 15.4. The van der Waals surface area contributed by atoms with Crippen molar-refractivity contribution < 1.29 is 13.6 Å². The van der Waals surface area contributed by atoms with E-state index >= 15 is 0 Å². The molecule has 0 atom stereocenters. The number of benzene rings is 2. The second-order valence-electron chi connectivity index (χ2n) is 4.27. The van der Waals surface area contributed by atoms with E-state index in [-0.39, 0.29) is 5.56 Å². The first kappa shape index (κ1) is 15.3. The van der Waals surface area contributed by atoms with Gasteiger partial charge in [0.25, 0.3) is 5.91 Å². The van der Waals surface area contributed by atoms with Crippen LogP contribution in [-0.4, -0.2) is 12.5 Å². The molecular weight excluding hydrogens is 298 g/mol. The van der Waals surface area contributed by atoms with Crippen molar-refractivity contribution in [2.45, 2.75) is 6.92 Å². The topological polar surface area (TPSA) is 41.1 Å². The Hall–Kier alpha value is -2.14. The number of hydrogen-bond donors (Lipinski definition) is 2. The average molecular weight is 311 g/mol. The lowest BCUT2D eigenvalue weighted by atomic mass is 10.1. The van der Waals surface area contributed by atoms with Crippen LogP contribution in [0.3, 0.4) is 0 Å². The van der Waals surface area contributed by atoms with Crippen molar-refractivity contribution in [1.82, 2.24) is 0 Å². The van der Waals surface area contributed by atoms with Gasteiger partial charge in [0.1, 0.15) is 17.3 Å². The zero-order valence-electron chi connectivity index (χ0n) is 11.2. The number of carbonyl (C=O) groups is 1. The maximum atomic E-state index is 13.6. The number of para-hydroxylation sites is 1. The van der Waals surface area contributed by atoms with Crippen LogP contribution < -0.4 is 10.6 Å². The van der Waals surface area contributed by atoms with Gasteiger partial charge in [-0.1, -0.05) is 17.7 Å². The van der Waals surface area contributed by atoms with Gasteiger partial charge in [0.05, 0.1) is 5.56 Å². The molecule has 0 saturated heterocycles. The van der Waals surface area contributed by atoms with Crippen molar-refractivity contribution in [3.63, 3.8) is 0 Å². The summed E-state index contributed by atoms with van der Waals surface area (Å²) in [6.07, 6.45) is 0. The molecule has 0 saturated carbocycles. The number of halogens is 3. The van der Waals surface area contributed by atoms with Gasteiger partial charge in [-0.15, -0.1) is 0 Å². The lowest BCUT2D eigenvalue weighted by Crippen LogP contribution is -2.16. The normalized spacial score (nSPS) is 10.3. The molecule has 2 aromatic rings. The smallest absolute Gasteiger partial charge is 0.257 e. The van der Waals surface area contributed by atoms with Crippen LogP contribution in [0.2, 0.25) is 5.02 Å². The van der Waals surface area contributed by atoms with Gasteiger partial charge in [-0.2, -0.15) is 0 Å². The number of carbonyl (C=O) groups excluding carboxylic acids is 1. The summed E-state index contributed by atoms with van der Waals surface area (Å²) in [7, 11) is 0. The van der Waals surface area contributed by atoms with Gasteiger partial charge in [-0.3, -0.25) is 4.79 Å². The van der Waals surface area contributed by atoms with E-state index < -0.39 is 23.2 Å². The Morgan fingerprint density at radius 2 is 1.86 bits per heavy atom. The van der Waals surface area contributed by atoms with Crippen molar-refractivity contribution >= 4 is 28.9 Å². The summed E-state index contributed by atoms with van der Waals surface area (Å²) in [5, 5.41) is 5.58. The molecule has 1 amide bonds. The lowest BCUT2D eigenvalue weighted by Gasteiger charge is -2.12. The largest absolute Gasteiger partial charge is 0.385 e. The minimum atomic E-state index is -0.838. The number of hydrogen-bond acceptors (Lipinski definition) is 2. The highest BCUT2D eigenvalue weighted by Crippen LogP contribution is 2.24. The molecule has 2 rings (SSSR count). The Morgan fingerprint density at radius 3 is 2.48 bits per heavy atom. The Balaban J connectivity index is 2.34. The molecule has 2 aromatic carbocycles. The van der Waals surface area contributed by atoms with Crippen molar-refractivity contribution in [3.8, 4) is 0 Å². The number of amides is 1. The fourth-order valence-corrected chi connectivity index (χ4v) is 2.02. The Bertz CT molecular complexity index is 656. The number of anilines is 2. The first-order valence-corrected chi connectivity index (χ1v) is 6.69. The van der Waals surface area contributed by atoms with Crippen LogP contribution >= 0.6 is 11.6 Å². The molecule has 0 aliphatic heterocycles. The third-order valence-corrected chi connectivity index (χ3v) is 3.03. The standard InChI is InChI=1S/C15H13ClF2N2O/c1-2-19-13-7-6-9(16)8-10(13)15(21)20-14-11(17)4-3-5-12(14)18/h3-8,19H,2H2,1H3,(H,20,21). The van der Waals surface area contributed by atoms with E-state index in [0.717, 1.165) is 12.1 Å². The molecule has 0 heterocycles. The van der Waals surface area contributed by atoms with Crippen molar-refractivity contribution in [1.29, 1.82) is 0 Å². The van der Waals surface area contributed by atoms with Gasteiger partial charge in [-0.05, 0) is 37.3 Å². The summed E-state index contributed by atoms with van der Waals surface area (Å²) >= 11 is 5.87. The van der Waals surface area contributed by atoms with Gasteiger partial charge in [0, 0.05) is 17.3 Å². The minimum Gasteiger partial charge on any atom is -0.385 e. The van der Waals surface area contributed by atoms with E-state index in [1.54, 1.807) is 12.1 Å². The predicted molar refractivity (Wildman–Crippen MR) is 79.9 cm³/mol. The molecule has 0 aliphatic rings. The van der Waals surface area contributed by atoms with Crippen LogP contribution in [0.25, 0.3) is 0 Å². The molecule has 0 aromatic heterocycles. The Labute approximate surface area is 125 Å². The van der Waals surface area contributed by atoms with Gasteiger partial charge in [-0.25, -0.2) is 8.78 Å². The summed E-state index contributed by atoms with van der Waals surface area (Å²) in [6, 6.07) is 8.07. The van der Waals surface area contributed by atoms with E-state index in [9.17, 15) is 13.6 Å². The summed E-state index contributed by atoms with van der Waals surface area (Å²) in [5.74, 6) is -2.32. The number of rotatable bonds is 4. The molecule has 0 spiro atoms. The van der Waals surface area contributed by atoms with Crippen LogP contribution in [0.1, 0.15) is 17.3 Å². The van der Waals surface area contributed by atoms with E-state index in [1.807, 2.05) is 6.92 Å². The van der Waals surface area contributed by atoms with E-state index in [1.165, 1.54) is 12.1 Å². The molecule has 3 nitrogen and oxygen atoms in total. The highest BCUT2D eigenvalue weighted by Gasteiger charge is 2.16. The Kier molecular flexibility index (Phi) is 4.75.